The van der Waals surface area contributed by atoms with E-state index in [1.165, 1.54) is 6.42 Å². The summed E-state index contributed by atoms with van der Waals surface area (Å²) in [5.41, 5.74) is 6.67. The lowest BCUT2D eigenvalue weighted by Gasteiger charge is -2.29. The largest absolute Gasteiger partial charge is 0.343 e. The Hall–Kier alpha value is -1.88. The maximum Gasteiger partial charge on any atom is 0.244 e. The van der Waals surface area contributed by atoms with E-state index < -0.39 is 12.1 Å². The van der Waals surface area contributed by atoms with E-state index in [9.17, 15) is 9.59 Å². The number of benzene rings is 1. The van der Waals surface area contributed by atoms with Gasteiger partial charge in [-0.3, -0.25) is 9.59 Å². The minimum absolute atomic E-state index is 0.0247. The van der Waals surface area contributed by atoms with Crippen LogP contribution in [0.4, 0.5) is 0 Å². The molecule has 1 heterocycles. The summed E-state index contributed by atoms with van der Waals surface area (Å²) in [6.45, 7) is 3.28. The maximum atomic E-state index is 12.3. The highest BCUT2D eigenvalue weighted by Gasteiger charge is 2.25. The standard InChI is InChI=1S/C16H23N3O2/c1-12(16(21)19-10-6-3-7-11-19)18-15(20)14(17)13-8-4-2-5-9-13/h2,4-5,8-9,12,14H,3,6-7,10-11,17H2,1H3,(H,18,20). The summed E-state index contributed by atoms with van der Waals surface area (Å²) >= 11 is 0. The molecule has 1 aromatic carbocycles. The number of amides is 2. The SMILES string of the molecule is CC(NC(=O)C(N)c1ccccc1)C(=O)N1CCCCC1. The molecule has 0 bridgehead atoms. The number of hydrogen-bond donors (Lipinski definition) is 2. The lowest BCUT2D eigenvalue weighted by molar-refractivity contribution is -0.137. The summed E-state index contributed by atoms with van der Waals surface area (Å²) in [4.78, 5) is 26.2. The van der Waals surface area contributed by atoms with Crippen molar-refractivity contribution in [2.75, 3.05) is 13.1 Å². The van der Waals surface area contributed by atoms with Crippen LogP contribution in [0.15, 0.2) is 30.3 Å². The molecular weight excluding hydrogens is 266 g/mol. The van der Waals surface area contributed by atoms with Crippen LogP contribution in [-0.4, -0.2) is 35.8 Å². The first-order chi connectivity index (χ1) is 10.1. The molecule has 1 fully saturated rings. The van der Waals surface area contributed by atoms with E-state index in [2.05, 4.69) is 5.32 Å². The first-order valence-corrected chi connectivity index (χ1v) is 7.49. The van der Waals surface area contributed by atoms with Gasteiger partial charge in [-0.05, 0) is 31.7 Å². The molecule has 2 amide bonds. The number of likely N-dealkylation sites (tertiary alicyclic amines) is 1. The molecule has 2 rings (SSSR count). The zero-order chi connectivity index (χ0) is 15.2. The summed E-state index contributed by atoms with van der Waals surface area (Å²) in [5, 5.41) is 2.72. The van der Waals surface area contributed by atoms with Gasteiger partial charge in [0.1, 0.15) is 12.1 Å². The van der Waals surface area contributed by atoms with E-state index in [0.717, 1.165) is 31.5 Å². The molecule has 5 heteroatoms. The fourth-order valence-electron chi connectivity index (χ4n) is 2.56. The number of nitrogens with one attached hydrogen (secondary N) is 1. The molecule has 3 N–H and O–H groups in total. The second-order valence-corrected chi connectivity index (χ2v) is 5.50. The highest BCUT2D eigenvalue weighted by molar-refractivity contribution is 5.90. The van der Waals surface area contributed by atoms with Crippen LogP contribution in [0.2, 0.25) is 0 Å². The second-order valence-electron chi connectivity index (χ2n) is 5.50. The molecule has 1 saturated heterocycles. The summed E-state index contributed by atoms with van der Waals surface area (Å²) in [5.74, 6) is -0.345. The van der Waals surface area contributed by atoms with Gasteiger partial charge in [0.05, 0.1) is 0 Å². The molecule has 0 aromatic heterocycles. The Morgan fingerprint density at radius 2 is 1.76 bits per heavy atom. The van der Waals surface area contributed by atoms with E-state index in [0.29, 0.717) is 0 Å². The molecule has 0 spiro atoms. The number of carbonyl (C=O) groups is 2. The van der Waals surface area contributed by atoms with Gasteiger partial charge in [-0.2, -0.15) is 0 Å². The van der Waals surface area contributed by atoms with Crippen molar-refractivity contribution in [2.45, 2.75) is 38.3 Å². The average molecular weight is 289 g/mol. The Morgan fingerprint density at radius 1 is 1.14 bits per heavy atom. The summed E-state index contributed by atoms with van der Waals surface area (Å²) in [6, 6.07) is 7.88. The van der Waals surface area contributed by atoms with Gasteiger partial charge in [0.25, 0.3) is 0 Å². The van der Waals surface area contributed by atoms with Gasteiger partial charge in [0, 0.05) is 13.1 Å². The predicted octanol–water partition coefficient (Wildman–Crippen LogP) is 1.20. The molecule has 0 saturated carbocycles. The first kappa shape index (κ1) is 15.5. The van der Waals surface area contributed by atoms with Gasteiger partial charge in [0.2, 0.25) is 11.8 Å². The van der Waals surface area contributed by atoms with E-state index >= 15 is 0 Å². The molecule has 2 unspecified atom stereocenters. The van der Waals surface area contributed by atoms with Crippen LogP contribution in [0, 0.1) is 0 Å². The van der Waals surface area contributed by atoms with Crippen molar-refractivity contribution in [3.05, 3.63) is 35.9 Å². The Labute approximate surface area is 125 Å². The number of nitrogens with zero attached hydrogens (tertiary/aromatic N) is 1. The van der Waals surface area contributed by atoms with Gasteiger partial charge < -0.3 is 16.0 Å². The quantitative estimate of drug-likeness (QED) is 0.874. The minimum atomic E-state index is -0.747. The van der Waals surface area contributed by atoms with Crippen molar-refractivity contribution in [1.29, 1.82) is 0 Å². The molecule has 2 atom stereocenters. The zero-order valence-corrected chi connectivity index (χ0v) is 12.4. The Kier molecular flexibility index (Phi) is 5.33. The minimum Gasteiger partial charge on any atom is -0.343 e. The lowest BCUT2D eigenvalue weighted by atomic mass is 10.1. The monoisotopic (exact) mass is 289 g/mol. The fourth-order valence-corrected chi connectivity index (χ4v) is 2.56. The van der Waals surface area contributed by atoms with E-state index in [1.54, 1.807) is 19.1 Å². The topological polar surface area (TPSA) is 75.4 Å². The van der Waals surface area contributed by atoms with Gasteiger partial charge in [-0.15, -0.1) is 0 Å². The van der Waals surface area contributed by atoms with Crippen LogP contribution in [-0.2, 0) is 9.59 Å². The summed E-state index contributed by atoms with van der Waals surface area (Å²) in [6.07, 6.45) is 3.25. The molecule has 21 heavy (non-hydrogen) atoms. The lowest BCUT2D eigenvalue weighted by Crippen LogP contribution is -2.50. The predicted molar refractivity (Wildman–Crippen MR) is 81.4 cm³/mol. The number of hydrogen-bond acceptors (Lipinski definition) is 3. The van der Waals surface area contributed by atoms with Crippen molar-refractivity contribution in [1.82, 2.24) is 10.2 Å². The van der Waals surface area contributed by atoms with E-state index in [-0.39, 0.29) is 11.8 Å². The van der Waals surface area contributed by atoms with Gasteiger partial charge >= 0.3 is 0 Å². The second kappa shape index (κ2) is 7.22. The highest BCUT2D eigenvalue weighted by atomic mass is 16.2. The normalized spacial score (nSPS) is 17.9. The number of carbonyl (C=O) groups excluding carboxylic acids is 2. The molecule has 114 valence electrons. The summed E-state index contributed by atoms with van der Waals surface area (Å²) < 4.78 is 0. The third-order valence-electron chi connectivity index (χ3n) is 3.84. The fraction of sp³-hybridized carbons (Fsp3) is 0.500. The molecule has 5 nitrogen and oxygen atoms in total. The molecule has 1 aliphatic rings. The van der Waals surface area contributed by atoms with Gasteiger partial charge in [0.15, 0.2) is 0 Å². The van der Waals surface area contributed by atoms with Crippen molar-refractivity contribution < 1.29 is 9.59 Å². The third-order valence-corrected chi connectivity index (χ3v) is 3.84. The van der Waals surface area contributed by atoms with Crippen LogP contribution in [0.5, 0.6) is 0 Å². The van der Waals surface area contributed by atoms with E-state index in [4.69, 9.17) is 5.73 Å². The zero-order valence-electron chi connectivity index (χ0n) is 12.4. The number of nitrogens with two attached hydrogens (primary N) is 1. The van der Waals surface area contributed by atoms with Crippen LogP contribution in [0.3, 0.4) is 0 Å². The van der Waals surface area contributed by atoms with Gasteiger partial charge in [-0.1, -0.05) is 30.3 Å². The average Bonchev–Trinajstić information content (AvgIpc) is 2.55. The first-order valence-electron chi connectivity index (χ1n) is 7.49. The third kappa shape index (κ3) is 4.04. The Balaban J connectivity index is 1.90. The van der Waals surface area contributed by atoms with Crippen LogP contribution < -0.4 is 11.1 Å². The van der Waals surface area contributed by atoms with Crippen molar-refractivity contribution >= 4 is 11.8 Å². The molecular formula is C16H23N3O2. The van der Waals surface area contributed by atoms with Crippen molar-refractivity contribution in [2.24, 2.45) is 5.73 Å². The Morgan fingerprint density at radius 3 is 2.38 bits per heavy atom. The van der Waals surface area contributed by atoms with Crippen LogP contribution >= 0.6 is 0 Å². The Bertz CT molecular complexity index is 484. The van der Waals surface area contributed by atoms with Crippen molar-refractivity contribution in [3.8, 4) is 0 Å². The number of piperidine rings is 1. The van der Waals surface area contributed by atoms with Gasteiger partial charge in [-0.25, -0.2) is 0 Å². The summed E-state index contributed by atoms with van der Waals surface area (Å²) in [7, 11) is 0. The molecule has 1 aliphatic heterocycles. The van der Waals surface area contributed by atoms with Crippen LogP contribution in [0.1, 0.15) is 37.8 Å². The van der Waals surface area contributed by atoms with Crippen molar-refractivity contribution in [3.63, 3.8) is 0 Å². The van der Waals surface area contributed by atoms with Crippen LogP contribution in [0.25, 0.3) is 0 Å². The molecule has 0 aliphatic carbocycles. The highest BCUT2D eigenvalue weighted by Crippen LogP contribution is 2.12. The maximum absolute atomic E-state index is 12.3. The molecule has 0 radical (unpaired) electrons. The molecule has 1 aromatic rings. The number of rotatable bonds is 4. The smallest absolute Gasteiger partial charge is 0.244 e. The van der Waals surface area contributed by atoms with E-state index in [1.807, 2.05) is 23.1 Å².